The van der Waals surface area contributed by atoms with Crippen LogP contribution in [-0.4, -0.2) is 41.0 Å². The SMILES string of the molecule is C=C(C(C)C)N1CC2CC1CN2C(C)C. The van der Waals surface area contributed by atoms with Crippen molar-refractivity contribution in [2.75, 3.05) is 13.1 Å². The fourth-order valence-electron chi connectivity index (χ4n) is 3.01. The highest BCUT2D eigenvalue weighted by atomic mass is 15.4. The molecule has 2 bridgehead atoms. The molecule has 86 valence electrons. The fraction of sp³-hybridized carbons (Fsp3) is 0.846. The quantitative estimate of drug-likeness (QED) is 0.702. The van der Waals surface area contributed by atoms with Gasteiger partial charge in [0.2, 0.25) is 0 Å². The fourth-order valence-corrected chi connectivity index (χ4v) is 3.01. The monoisotopic (exact) mass is 208 g/mol. The Balaban J connectivity index is 2.00. The van der Waals surface area contributed by atoms with Gasteiger partial charge in [-0.25, -0.2) is 0 Å². The summed E-state index contributed by atoms with van der Waals surface area (Å²) < 4.78 is 0. The van der Waals surface area contributed by atoms with Crippen LogP contribution in [0.2, 0.25) is 0 Å². The maximum Gasteiger partial charge on any atom is 0.0430 e. The molecule has 2 rings (SSSR count). The van der Waals surface area contributed by atoms with Crippen molar-refractivity contribution in [3.8, 4) is 0 Å². The number of hydrogen-bond donors (Lipinski definition) is 0. The summed E-state index contributed by atoms with van der Waals surface area (Å²) >= 11 is 0. The average molecular weight is 208 g/mol. The van der Waals surface area contributed by atoms with Crippen LogP contribution in [0.5, 0.6) is 0 Å². The number of hydrogen-bond acceptors (Lipinski definition) is 2. The highest BCUT2D eigenvalue weighted by Gasteiger charge is 2.44. The Labute approximate surface area is 93.9 Å². The molecule has 2 fully saturated rings. The van der Waals surface area contributed by atoms with Gasteiger partial charge in [-0.15, -0.1) is 0 Å². The maximum atomic E-state index is 4.23. The van der Waals surface area contributed by atoms with Gasteiger partial charge in [-0.3, -0.25) is 4.90 Å². The number of piperazine rings is 1. The molecule has 0 aromatic carbocycles. The Morgan fingerprint density at radius 3 is 2.20 bits per heavy atom. The van der Waals surface area contributed by atoms with E-state index < -0.39 is 0 Å². The molecule has 0 N–H and O–H groups in total. The molecule has 0 aromatic rings. The summed E-state index contributed by atoms with van der Waals surface area (Å²) in [5.41, 5.74) is 1.34. The average Bonchev–Trinajstić information content (AvgIpc) is 2.74. The van der Waals surface area contributed by atoms with Gasteiger partial charge in [0.15, 0.2) is 0 Å². The lowest BCUT2D eigenvalue weighted by Gasteiger charge is -2.39. The van der Waals surface area contributed by atoms with Crippen molar-refractivity contribution in [2.45, 2.75) is 52.2 Å². The minimum absolute atomic E-state index is 0.594. The van der Waals surface area contributed by atoms with Crippen LogP contribution in [-0.2, 0) is 0 Å². The number of allylic oxidation sites excluding steroid dienone is 1. The summed E-state index contributed by atoms with van der Waals surface area (Å²) in [6.45, 7) is 15.8. The van der Waals surface area contributed by atoms with Gasteiger partial charge in [-0.05, 0) is 26.2 Å². The van der Waals surface area contributed by atoms with Crippen LogP contribution < -0.4 is 0 Å². The van der Waals surface area contributed by atoms with Crippen molar-refractivity contribution in [1.82, 2.24) is 9.80 Å². The van der Waals surface area contributed by atoms with E-state index in [0.717, 1.165) is 12.1 Å². The topological polar surface area (TPSA) is 6.48 Å². The van der Waals surface area contributed by atoms with Gasteiger partial charge in [0.05, 0.1) is 0 Å². The van der Waals surface area contributed by atoms with Crippen molar-refractivity contribution in [1.29, 1.82) is 0 Å². The molecule has 0 saturated carbocycles. The first-order valence-corrected chi connectivity index (χ1v) is 6.22. The molecule has 2 aliphatic rings. The van der Waals surface area contributed by atoms with Crippen LogP contribution in [0, 0.1) is 5.92 Å². The predicted molar refractivity (Wildman–Crippen MR) is 64.7 cm³/mol. The van der Waals surface area contributed by atoms with Crippen LogP contribution in [0.3, 0.4) is 0 Å². The lowest BCUT2D eigenvalue weighted by atomic mass is 10.1. The summed E-state index contributed by atoms with van der Waals surface area (Å²) in [6.07, 6.45) is 1.35. The Hall–Kier alpha value is -0.500. The molecule has 0 aromatic heterocycles. The normalized spacial score (nSPS) is 30.9. The van der Waals surface area contributed by atoms with Gasteiger partial charge in [0.25, 0.3) is 0 Å². The zero-order valence-corrected chi connectivity index (χ0v) is 10.5. The first-order chi connectivity index (χ1) is 7.00. The molecular weight excluding hydrogens is 184 g/mol. The third kappa shape index (κ3) is 1.80. The molecule has 2 heterocycles. The molecule has 2 heteroatoms. The lowest BCUT2D eigenvalue weighted by molar-refractivity contribution is 0.119. The van der Waals surface area contributed by atoms with Crippen LogP contribution in [0.15, 0.2) is 12.3 Å². The van der Waals surface area contributed by atoms with Gasteiger partial charge in [0, 0.05) is 36.9 Å². The molecular formula is C13H24N2. The van der Waals surface area contributed by atoms with Gasteiger partial charge in [0.1, 0.15) is 0 Å². The Morgan fingerprint density at radius 2 is 1.80 bits per heavy atom. The highest BCUT2D eigenvalue weighted by molar-refractivity contribution is 5.10. The molecule has 2 aliphatic heterocycles. The minimum atomic E-state index is 0.594. The predicted octanol–water partition coefficient (Wildman–Crippen LogP) is 2.32. The molecule has 2 saturated heterocycles. The summed E-state index contributed by atoms with van der Waals surface area (Å²) in [7, 11) is 0. The van der Waals surface area contributed by atoms with Gasteiger partial charge in [-0.2, -0.15) is 0 Å². The lowest BCUT2D eigenvalue weighted by Crippen LogP contribution is -2.48. The standard InChI is InChI=1S/C13H24N2/c1-9(2)11(5)15-8-12-6-13(15)7-14(12)10(3)4/h9-10,12-13H,5-8H2,1-4H3. The number of likely N-dealkylation sites (tertiary alicyclic amines) is 2. The first kappa shape index (κ1) is 11.0. The van der Waals surface area contributed by atoms with Gasteiger partial charge >= 0.3 is 0 Å². The second-order valence-corrected chi connectivity index (χ2v) is 5.63. The summed E-state index contributed by atoms with van der Waals surface area (Å²) in [5.74, 6) is 0.594. The Bertz CT molecular complexity index is 257. The molecule has 0 amide bonds. The Kier molecular flexibility index (Phi) is 2.80. The summed E-state index contributed by atoms with van der Waals surface area (Å²) in [6, 6.07) is 2.23. The van der Waals surface area contributed by atoms with E-state index in [1.807, 2.05) is 0 Å². The van der Waals surface area contributed by atoms with Crippen LogP contribution >= 0.6 is 0 Å². The first-order valence-electron chi connectivity index (χ1n) is 6.22. The molecule has 0 radical (unpaired) electrons. The number of nitrogens with zero attached hydrogens (tertiary/aromatic N) is 2. The third-order valence-electron chi connectivity index (χ3n) is 3.98. The van der Waals surface area contributed by atoms with Gasteiger partial charge < -0.3 is 4.90 Å². The largest absolute Gasteiger partial charge is 0.369 e. The molecule has 2 atom stereocenters. The summed E-state index contributed by atoms with van der Waals surface area (Å²) in [5, 5.41) is 0. The maximum absolute atomic E-state index is 4.23. The molecule has 0 aliphatic carbocycles. The highest BCUT2D eigenvalue weighted by Crippen LogP contribution is 2.35. The second-order valence-electron chi connectivity index (χ2n) is 5.63. The molecule has 2 nitrogen and oxygen atoms in total. The van der Waals surface area contributed by atoms with Crippen LogP contribution in [0.1, 0.15) is 34.1 Å². The van der Waals surface area contributed by atoms with E-state index in [0.29, 0.717) is 12.0 Å². The van der Waals surface area contributed by atoms with E-state index in [9.17, 15) is 0 Å². The van der Waals surface area contributed by atoms with E-state index in [1.54, 1.807) is 0 Å². The van der Waals surface area contributed by atoms with E-state index in [-0.39, 0.29) is 0 Å². The molecule has 2 unspecified atom stereocenters. The van der Waals surface area contributed by atoms with Crippen molar-refractivity contribution in [3.05, 3.63) is 12.3 Å². The van der Waals surface area contributed by atoms with Crippen molar-refractivity contribution in [2.24, 2.45) is 5.92 Å². The zero-order chi connectivity index (χ0) is 11.2. The van der Waals surface area contributed by atoms with Crippen molar-refractivity contribution < 1.29 is 0 Å². The summed E-state index contributed by atoms with van der Waals surface area (Å²) in [4.78, 5) is 5.20. The zero-order valence-electron chi connectivity index (χ0n) is 10.5. The minimum Gasteiger partial charge on any atom is -0.369 e. The van der Waals surface area contributed by atoms with Crippen molar-refractivity contribution >= 4 is 0 Å². The van der Waals surface area contributed by atoms with Crippen LogP contribution in [0.4, 0.5) is 0 Å². The second kappa shape index (κ2) is 3.82. The van der Waals surface area contributed by atoms with E-state index in [1.165, 1.54) is 25.2 Å². The number of rotatable bonds is 3. The smallest absolute Gasteiger partial charge is 0.0430 e. The Morgan fingerprint density at radius 1 is 1.13 bits per heavy atom. The van der Waals surface area contributed by atoms with Crippen molar-refractivity contribution in [3.63, 3.8) is 0 Å². The third-order valence-corrected chi connectivity index (χ3v) is 3.98. The van der Waals surface area contributed by atoms with E-state index >= 15 is 0 Å². The number of fused-ring (bicyclic) bond motifs is 2. The van der Waals surface area contributed by atoms with Gasteiger partial charge in [-0.1, -0.05) is 20.4 Å². The molecule has 0 spiro atoms. The van der Waals surface area contributed by atoms with E-state index in [2.05, 4.69) is 44.1 Å². The van der Waals surface area contributed by atoms with Crippen LogP contribution in [0.25, 0.3) is 0 Å². The molecule has 15 heavy (non-hydrogen) atoms. The van der Waals surface area contributed by atoms with E-state index in [4.69, 9.17) is 0 Å².